The van der Waals surface area contributed by atoms with E-state index < -0.39 is 30.1 Å². The van der Waals surface area contributed by atoms with Crippen LogP contribution in [0.3, 0.4) is 0 Å². The number of urea groups is 1. The Morgan fingerprint density at radius 2 is 1.88 bits per heavy atom. The third kappa shape index (κ3) is 7.47. The number of carbonyl (C=O) groups excluding carboxylic acids is 3. The second-order valence-corrected chi connectivity index (χ2v) is 6.45. The lowest BCUT2D eigenvalue weighted by molar-refractivity contribution is -0.155. The van der Waals surface area contributed by atoms with Crippen LogP contribution in [-0.2, 0) is 20.7 Å². The van der Waals surface area contributed by atoms with Crippen molar-refractivity contribution in [2.75, 3.05) is 17.3 Å². The van der Waals surface area contributed by atoms with Crippen LogP contribution in [0.1, 0.15) is 25.8 Å². The Morgan fingerprint density at radius 1 is 1.24 bits per heavy atom. The molecule has 3 amide bonds. The second kappa shape index (κ2) is 10.6. The molecule has 0 saturated heterocycles. The number of benzene rings is 1. The number of hydrogen-bond acceptors (Lipinski definition) is 5. The van der Waals surface area contributed by atoms with Gasteiger partial charge in [-0.1, -0.05) is 19.1 Å². The van der Waals surface area contributed by atoms with Crippen molar-refractivity contribution in [3.8, 4) is 0 Å². The van der Waals surface area contributed by atoms with Crippen LogP contribution in [0, 0.1) is 0 Å². The van der Waals surface area contributed by atoms with Gasteiger partial charge in [-0.25, -0.2) is 9.59 Å². The quantitative estimate of drug-likeness (QED) is 0.578. The number of rotatable bonds is 9. The molecule has 0 fully saturated rings. The monoisotopic (exact) mass is 367 g/mol. The molecule has 7 nitrogen and oxygen atoms in total. The van der Waals surface area contributed by atoms with Crippen molar-refractivity contribution in [1.29, 1.82) is 0 Å². The van der Waals surface area contributed by atoms with Crippen LogP contribution >= 0.6 is 11.8 Å². The van der Waals surface area contributed by atoms with Crippen molar-refractivity contribution >= 4 is 35.4 Å². The summed E-state index contributed by atoms with van der Waals surface area (Å²) in [6.45, 7) is 3.52. The normalized spacial score (nSPS) is 12.8. The summed E-state index contributed by atoms with van der Waals surface area (Å²) in [5, 5.41) is 5.03. The molecule has 0 unspecified atom stereocenters. The average molecular weight is 367 g/mol. The minimum absolute atomic E-state index is 0.371. The molecule has 0 bridgehead atoms. The summed E-state index contributed by atoms with van der Waals surface area (Å²) < 4.78 is 5.16. The van der Waals surface area contributed by atoms with Gasteiger partial charge < -0.3 is 21.1 Å². The number of carbonyl (C=O) groups is 3. The molecule has 0 spiro atoms. The Balaban J connectivity index is 2.60. The topological polar surface area (TPSA) is 111 Å². The number of nitrogens with two attached hydrogens (primary N) is 1. The first kappa shape index (κ1) is 20.8. The number of nitrogens with one attached hydrogen (secondary N) is 2. The first-order valence-corrected chi connectivity index (χ1v) is 9.42. The van der Waals surface area contributed by atoms with Crippen LogP contribution in [0.5, 0.6) is 0 Å². The van der Waals surface area contributed by atoms with Crippen LogP contribution < -0.4 is 16.4 Å². The van der Waals surface area contributed by atoms with Crippen LogP contribution in [0.4, 0.5) is 10.5 Å². The number of amides is 3. The van der Waals surface area contributed by atoms with Gasteiger partial charge in [0.1, 0.15) is 6.04 Å². The fourth-order valence-electron chi connectivity index (χ4n) is 2.03. The van der Waals surface area contributed by atoms with E-state index in [2.05, 4.69) is 10.6 Å². The molecule has 8 heteroatoms. The van der Waals surface area contributed by atoms with Gasteiger partial charge in [0.05, 0.1) is 0 Å². The van der Waals surface area contributed by atoms with Crippen molar-refractivity contribution in [3.63, 3.8) is 0 Å². The first-order valence-electron chi connectivity index (χ1n) is 8.02. The van der Waals surface area contributed by atoms with E-state index in [1.165, 1.54) is 18.7 Å². The van der Waals surface area contributed by atoms with E-state index >= 15 is 0 Å². The van der Waals surface area contributed by atoms with Gasteiger partial charge in [-0.15, -0.1) is 0 Å². The molecule has 25 heavy (non-hydrogen) atoms. The minimum atomic E-state index is -0.996. The number of aryl methyl sites for hydroxylation is 1. The van der Waals surface area contributed by atoms with E-state index in [4.69, 9.17) is 10.5 Å². The second-order valence-electron chi connectivity index (χ2n) is 5.46. The lowest BCUT2D eigenvalue weighted by atomic mass is 10.1. The van der Waals surface area contributed by atoms with Crippen molar-refractivity contribution in [3.05, 3.63) is 29.8 Å². The Kier molecular flexibility index (Phi) is 8.83. The van der Waals surface area contributed by atoms with Crippen molar-refractivity contribution in [2.45, 2.75) is 38.8 Å². The molecule has 138 valence electrons. The zero-order valence-corrected chi connectivity index (χ0v) is 15.5. The van der Waals surface area contributed by atoms with Crippen LogP contribution in [0.15, 0.2) is 24.3 Å². The maximum Gasteiger partial charge on any atom is 0.329 e. The van der Waals surface area contributed by atoms with Gasteiger partial charge >= 0.3 is 12.0 Å². The van der Waals surface area contributed by atoms with Gasteiger partial charge in [0.15, 0.2) is 6.10 Å². The maximum absolute atomic E-state index is 12.2. The number of esters is 1. The van der Waals surface area contributed by atoms with Gasteiger partial charge in [-0.05, 0) is 49.5 Å². The van der Waals surface area contributed by atoms with E-state index in [1.54, 1.807) is 12.1 Å². The number of anilines is 1. The molecule has 1 rings (SSSR count). The number of hydrogen-bond donors (Lipinski definition) is 3. The smallest absolute Gasteiger partial charge is 0.329 e. The lowest BCUT2D eigenvalue weighted by Crippen LogP contribution is -2.46. The maximum atomic E-state index is 12.2. The molecule has 0 heterocycles. The molecule has 2 atom stereocenters. The molecule has 0 saturated carbocycles. The summed E-state index contributed by atoms with van der Waals surface area (Å²) in [5.41, 5.74) is 6.86. The molecule has 0 aliphatic rings. The Labute approximate surface area is 152 Å². The van der Waals surface area contributed by atoms with E-state index in [0.717, 1.165) is 12.0 Å². The summed E-state index contributed by atoms with van der Waals surface area (Å²) in [6, 6.07) is 5.74. The largest absolute Gasteiger partial charge is 0.451 e. The molecule has 0 radical (unpaired) electrons. The predicted octanol–water partition coefficient (Wildman–Crippen LogP) is 1.91. The molecule has 1 aromatic rings. The van der Waals surface area contributed by atoms with Crippen molar-refractivity contribution in [1.82, 2.24) is 5.32 Å². The summed E-state index contributed by atoms with van der Waals surface area (Å²) in [7, 11) is 0. The summed E-state index contributed by atoms with van der Waals surface area (Å²) in [5.74, 6) is -0.484. The Morgan fingerprint density at radius 3 is 2.40 bits per heavy atom. The van der Waals surface area contributed by atoms with Crippen molar-refractivity contribution in [2.24, 2.45) is 5.73 Å². The molecule has 0 aliphatic heterocycles. The third-order valence-corrected chi connectivity index (χ3v) is 4.15. The molecule has 0 aromatic heterocycles. The van der Waals surface area contributed by atoms with Gasteiger partial charge in [-0.2, -0.15) is 11.8 Å². The summed E-state index contributed by atoms with van der Waals surface area (Å²) in [6.07, 6.45) is 2.17. The SMILES string of the molecule is CCc1ccc(NC(=O)[C@H](C)OC(=O)[C@H](CCSC)NC(N)=O)cc1. The highest BCUT2D eigenvalue weighted by molar-refractivity contribution is 7.98. The average Bonchev–Trinajstić information content (AvgIpc) is 2.58. The van der Waals surface area contributed by atoms with Gasteiger partial charge in [0.2, 0.25) is 0 Å². The fourth-order valence-corrected chi connectivity index (χ4v) is 2.51. The zero-order chi connectivity index (χ0) is 18.8. The lowest BCUT2D eigenvalue weighted by Gasteiger charge is -2.19. The minimum Gasteiger partial charge on any atom is -0.451 e. The van der Waals surface area contributed by atoms with Gasteiger partial charge in [0.25, 0.3) is 5.91 Å². The number of thioether (sulfide) groups is 1. The van der Waals surface area contributed by atoms with Crippen LogP contribution in [0.25, 0.3) is 0 Å². The van der Waals surface area contributed by atoms with E-state index in [0.29, 0.717) is 17.9 Å². The van der Waals surface area contributed by atoms with E-state index in [9.17, 15) is 14.4 Å². The molecule has 0 aliphatic carbocycles. The molecular weight excluding hydrogens is 342 g/mol. The molecule has 4 N–H and O–H groups in total. The first-order chi connectivity index (χ1) is 11.9. The standard InChI is InChI=1S/C17H25N3O4S/c1-4-12-5-7-13(8-6-12)19-15(21)11(2)24-16(22)14(9-10-25-3)20-17(18)23/h5-8,11,14H,4,9-10H2,1-3H3,(H,19,21)(H3,18,20,23)/t11-,14-/m0/s1. The van der Waals surface area contributed by atoms with Gasteiger partial charge in [0, 0.05) is 5.69 Å². The van der Waals surface area contributed by atoms with Crippen molar-refractivity contribution < 1.29 is 19.1 Å². The summed E-state index contributed by atoms with van der Waals surface area (Å²) >= 11 is 1.53. The molecular formula is C17H25N3O4S. The zero-order valence-electron chi connectivity index (χ0n) is 14.7. The van der Waals surface area contributed by atoms with Crippen LogP contribution in [0.2, 0.25) is 0 Å². The Bertz CT molecular complexity index is 592. The third-order valence-electron chi connectivity index (χ3n) is 3.50. The molecule has 1 aromatic carbocycles. The highest BCUT2D eigenvalue weighted by atomic mass is 32.2. The Hall–Kier alpha value is -2.22. The predicted molar refractivity (Wildman–Crippen MR) is 99.5 cm³/mol. The van der Waals surface area contributed by atoms with Crippen LogP contribution in [-0.4, -0.2) is 42.1 Å². The van der Waals surface area contributed by atoms with Gasteiger partial charge in [-0.3, -0.25) is 4.79 Å². The highest BCUT2D eigenvalue weighted by Gasteiger charge is 2.25. The fraction of sp³-hybridized carbons (Fsp3) is 0.471. The highest BCUT2D eigenvalue weighted by Crippen LogP contribution is 2.11. The number of ether oxygens (including phenoxy) is 1. The number of primary amides is 1. The van der Waals surface area contributed by atoms with E-state index in [1.807, 2.05) is 25.3 Å². The summed E-state index contributed by atoms with van der Waals surface area (Å²) in [4.78, 5) is 35.3. The van der Waals surface area contributed by atoms with E-state index in [-0.39, 0.29) is 0 Å².